The molecule has 0 bridgehead atoms. The number of benzene rings is 1. The van der Waals surface area contributed by atoms with Crippen LogP contribution in [0.1, 0.15) is 17.4 Å². The number of fused-ring (bicyclic) bond motifs is 1. The van der Waals surface area contributed by atoms with Crippen molar-refractivity contribution in [2.75, 3.05) is 6.54 Å². The highest BCUT2D eigenvalue weighted by Gasteiger charge is 2.08. The van der Waals surface area contributed by atoms with Crippen molar-refractivity contribution in [2.24, 2.45) is 0 Å². The first-order chi connectivity index (χ1) is 8.16. The van der Waals surface area contributed by atoms with Crippen molar-refractivity contribution < 1.29 is 9.90 Å². The number of carbonyl (C=O) groups excluding carboxylic acids is 1. The molecule has 2 aromatic rings. The van der Waals surface area contributed by atoms with Gasteiger partial charge in [0.05, 0.1) is 11.6 Å². The number of nitrogens with one attached hydrogen (secondary N) is 1. The lowest BCUT2D eigenvalue weighted by Crippen LogP contribution is -2.31. The number of carbonyl (C=O) groups is 1. The lowest BCUT2D eigenvalue weighted by Gasteiger charge is -2.07. The van der Waals surface area contributed by atoms with E-state index in [-0.39, 0.29) is 12.5 Å². The van der Waals surface area contributed by atoms with Crippen LogP contribution in [0.2, 0.25) is 0 Å². The molecule has 1 heterocycles. The zero-order chi connectivity index (χ0) is 12.3. The number of pyridine rings is 1. The number of aliphatic hydroxyl groups is 1. The van der Waals surface area contributed by atoms with E-state index in [1.165, 1.54) is 0 Å². The third-order valence-corrected chi connectivity index (χ3v) is 2.39. The van der Waals surface area contributed by atoms with Crippen molar-refractivity contribution in [3.63, 3.8) is 0 Å². The molecule has 17 heavy (non-hydrogen) atoms. The Morgan fingerprint density at radius 2 is 2.12 bits per heavy atom. The van der Waals surface area contributed by atoms with Crippen LogP contribution >= 0.6 is 0 Å². The summed E-state index contributed by atoms with van der Waals surface area (Å²) in [7, 11) is 0. The molecule has 4 heteroatoms. The zero-order valence-corrected chi connectivity index (χ0v) is 9.55. The van der Waals surface area contributed by atoms with E-state index >= 15 is 0 Å². The molecule has 0 aliphatic rings. The van der Waals surface area contributed by atoms with E-state index in [9.17, 15) is 4.79 Å². The number of nitrogens with zero attached hydrogens (tertiary/aromatic N) is 1. The summed E-state index contributed by atoms with van der Waals surface area (Å²) in [6.45, 7) is 1.85. The summed E-state index contributed by atoms with van der Waals surface area (Å²) in [6, 6.07) is 11.2. The molecule has 4 nitrogen and oxygen atoms in total. The number of aromatic nitrogens is 1. The number of amides is 1. The molecule has 1 amide bonds. The van der Waals surface area contributed by atoms with Gasteiger partial charge < -0.3 is 10.4 Å². The minimum atomic E-state index is -0.556. The molecule has 0 spiro atoms. The van der Waals surface area contributed by atoms with Gasteiger partial charge in [0.2, 0.25) is 0 Å². The summed E-state index contributed by atoms with van der Waals surface area (Å²) in [5.74, 6) is -0.267. The Morgan fingerprint density at radius 3 is 2.88 bits per heavy atom. The Morgan fingerprint density at radius 1 is 1.35 bits per heavy atom. The first-order valence-corrected chi connectivity index (χ1v) is 5.49. The molecule has 0 unspecified atom stereocenters. The van der Waals surface area contributed by atoms with Gasteiger partial charge in [0, 0.05) is 11.9 Å². The second-order valence-corrected chi connectivity index (χ2v) is 3.95. The monoisotopic (exact) mass is 230 g/mol. The van der Waals surface area contributed by atoms with E-state index in [2.05, 4.69) is 10.3 Å². The van der Waals surface area contributed by atoms with Gasteiger partial charge in [0.1, 0.15) is 5.69 Å². The minimum Gasteiger partial charge on any atom is -0.392 e. The molecule has 1 aromatic carbocycles. The summed E-state index contributed by atoms with van der Waals surface area (Å²) >= 11 is 0. The molecule has 2 rings (SSSR count). The fourth-order valence-electron chi connectivity index (χ4n) is 1.52. The van der Waals surface area contributed by atoms with E-state index < -0.39 is 6.10 Å². The molecule has 1 aromatic heterocycles. The Bertz CT molecular complexity index is 538. The van der Waals surface area contributed by atoms with Crippen LogP contribution in [0.15, 0.2) is 36.4 Å². The highest BCUT2D eigenvalue weighted by molar-refractivity contribution is 5.94. The topological polar surface area (TPSA) is 62.2 Å². The first kappa shape index (κ1) is 11.5. The van der Waals surface area contributed by atoms with E-state index in [1.54, 1.807) is 13.0 Å². The summed E-state index contributed by atoms with van der Waals surface area (Å²) in [5, 5.41) is 12.7. The molecule has 2 N–H and O–H groups in total. The lowest BCUT2D eigenvalue weighted by molar-refractivity contribution is 0.0919. The minimum absolute atomic E-state index is 0.230. The van der Waals surface area contributed by atoms with E-state index in [0.29, 0.717) is 5.69 Å². The summed E-state index contributed by atoms with van der Waals surface area (Å²) in [5.41, 5.74) is 1.15. The molecule has 0 saturated carbocycles. The number of rotatable bonds is 3. The molecule has 0 aliphatic heterocycles. The predicted octanol–water partition coefficient (Wildman–Crippen LogP) is 1.35. The third kappa shape index (κ3) is 2.79. The van der Waals surface area contributed by atoms with Crippen LogP contribution < -0.4 is 5.32 Å². The highest BCUT2D eigenvalue weighted by Crippen LogP contribution is 2.11. The largest absolute Gasteiger partial charge is 0.392 e. The standard InChI is InChI=1S/C13H14N2O2/c1-9(16)8-14-13(17)12-7-6-10-4-2-3-5-11(10)15-12/h2-7,9,16H,8H2,1H3,(H,14,17)/t9-/m0/s1. The van der Waals surface area contributed by atoms with Crippen LogP contribution in [0, 0.1) is 0 Å². The van der Waals surface area contributed by atoms with Gasteiger partial charge in [-0.2, -0.15) is 0 Å². The Hall–Kier alpha value is -1.94. The van der Waals surface area contributed by atoms with Crippen molar-refractivity contribution >= 4 is 16.8 Å². The summed E-state index contributed by atoms with van der Waals surface area (Å²) < 4.78 is 0. The molecule has 0 fully saturated rings. The van der Waals surface area contributed by atoms with E-state index in [4.69, 9.17) is 5.11 Å². The molecule has 0 aliphatic carbocycles. The van der Waals surface area contributed by atoms with Gasteiger partial charge in [-0.25, -0.2) is 4.98 Å². The number of hydrogen-bond donors (Lipinski definition) is 2. The smallest absolute Gasteiger partial charge is 0.269 e. The van der Waals surface area contributed by atoms with Crippen LogP contribution in [0.5, 0.6) is 0 Å². The van der Waals surface area contributed by atoms with Crippen LogP contribution in [0.25, 0.3) is 10.9 Å². The maximum Gasteiger partial charge on any atom is 0.269 e. The van der Waals surface area contributed by atoms with E-state index in [0.717, 1.165) is 10.9 Å². The third-order valence-electron chi connectivity index (χ3n) is 2.39. The maximum absolute atomic E-state index is 11.7. The highest BCUT2D eigenvalue weighted by atomic mass is 16.3. The van der Waals surface area contributed by atoms with Crippen LogP contribution in [0.3, 0.4) is 0 Å². The number of hydrogen-bond acceptors (Lipinski definition) is 3. The van der Waals surface area contributed by atoms with Gasteiger partial charge >= 0.3 is 0 Å². The van der Waals surface area contributed by atoms with Crippen molar-refractivity contribution in [1.82, 2.24) is 10.3 Å². The van der Waals surface area contributed by atoms with Gasteiger partial charge in [-0.05, 0) is 19.1 Å². The summed E-state index contributed by atoms with van der Waals surface area (Å²) in [6.07, 6.45) is -0.556. The Labute approximate surface area is 99.3 Å². The second-order valence-electron chi connectivity index (χ2n) is 3.95. The van der Waals surface area contributed by atoms with Crippen LogP contribution in [-0.4, -0.2) is 28.6 Å². The Kier molecular flexibility index (Phi) is 3.35. The van der Waals surface area contributed by atoms with Crippen LogP contribution in [0.4, 0.5) is 0 Å². The van der Waals surface area contributed by atoms with Gasteiger partial charge in [-0.1, -0.05) is 24.3 Å². The lowest BCUT2D eigenvalue weighted by atomic mass is 10.2. The molecular weight excluding hydrogens is 216 g/mol. The average Bonchev–Trinajstić information content (AvgIpc) is 2.35. The van der Waals surface area contributed by atoms with Crippen molar-refractivity contribution in [3.05, 3.63) is 42.1 Å². The quantitative estimate of drug-likeness (QED) is 0.836. The Balaban J connectivity index is 2.21. The van der Waals surface area contributed by atoms with Crippen molar-refractivity contribution in [3.8, 4) is 0 Å². The molecule has 88 valence electrons. The molecular formula is C13H14N2O2. The van der Waals surface area contributed by atoms with Gasteiger partial charge in [-0.15, -0.1) is 0 Å². The predicted molar refractivity (Wildman–Crippen MR) is 65.8 cm³/mol. The fraction of sp³-hybridized carbons (Fsp3) is 0.231. The summed E-state index contributed by atoms with van der Waals surface area (Å²) in [4.78, 5) is 16.0. The SMILES string of the molecule is C[C@H](O)CNC(=O)c1ccc2ccccc2n1. The zero-order valence-electron chi connectivity index (χ0n) is 9.55. The molecule has 0 radical (unpaired) electrons. The average molecular weight is 230 g/mol. The normalized spacial score (nSPS) is 12.4. The first-order valence-electron chi connectivity index (χ1n) is 5.49. The maximum atomic E-state index is 11.7. The van der Waals surface area contributed by atoms with E-state index in [1.807, 2.05) is 30.3 Å². The van der Waals surface area contributed by atoms with Crippen molar-refractivity contribution in [1.29, 1.82) is 0 Å². The van der Waals surface area contributed by atoms with Gasteiger partial charge in [0.15, 0.2) is 0 Å². The molecule has 1 atom stereocenters. The fourth-order valence-corrected chi connectivity index (χ4v) is 1.52. The van der Waals surface area contributed by atoms with Crippen molar-refractivity contribution in [2.45, 2.75) is 13.0 Å². The second kappa shape index (κ2) is 4.93. The number of para-hydroxylation sites is 1. The van der Waals surface area contributed by atoms with Gasteiger partial charge in [0.25, 0.3) is 5.91 Å². The number of aliphatic hydroxyl groups excluding tert-OH is 1. The van der Waals surface area contributed by atoms with Gasteiger partial charge in [-0.3, -0.25) is 4.79 Å². The molecule has 0 saturated heterocycles. The van der Waals surface area contributed by atoms with Crippen LogP contribution in [-0.2, 0) is 0 Å².